The molecule has 1 N–H and O–H groups in total. The van der Waals surface area contributed by atoms with Crippen molar-refractivity contribution in [1.82, 2.24) is 19.3 Å². The number of nitrogens with zero attached hydrogens (tertiary/aromatic N) is 5. The van der Waals surface area contributed by atoms with Crippen LogP contribution in [0.1, 0.15) is 43.6 Å². The molecule has 4 heterocycles. The van der Waals surface area contributed by atoms with Gasteiger partial charge in [-0.1, -0.05) is 49.2 Å². The van der Waals surface area contributed by atoms with Crippen molar-refractivity contribution in [3.63, 3.8) is 0 Å². The number of pyridine rings is 2. The number of amides is 1. The van der Waals surface area contributed by atoms with Crippen LogP contribution in [0.3, 0.4) is 0 Å². The number of hydrogen-bond acceptors (Lipinski definition) is 9. The molecule has 220 valence electrons. The van der Waals surface area contributed by atoms with E-state index in [0.29, 0.717) is 59.9 Å². The van der Waals surface area contributed by atoms with Gasteiger partial charge in [-0.05, 0) is 48.2 Å². The zero-order valence-corrected chi connectivity index (χ0v) is 25.1. The number of fused-ring (bicyclic) bond motifs is 1. The molecule has 1 aliphatic heterocycles. The molecule has 0 bridgehead atoms. The van der Waals surface area contributed by atoms with Gasteiger partial charge in [-0.3, -0.25) is 9.78 Å². The minimum absolute atomic E-state index is 0.143. The molecular formula is C30H34N6O4S2. The summed E-state index contributed by atoms with van der Waals surface area (Å²) in [7, 11) is -2.09. The van der Waals surface area contributed by atoms with Gasteiger partial charge < -0.3 is 15.0 Å². The maximum Gasteiger partial charge on any atom is 0.243 e. The second kappa shape index (κ2) is 12.3. The minimum atomic E-state index is -3.65. The summed E-state index contributed by atoms with van der Waals surface area (Å²) in [5, 5.41) is 3.49. The van der Waals surface area contributed by atoms with E-state index in [2.05, 4.69) is 25.2 Å². The number of benzene rings is 1. The fraction of sp³-hybridized carbons (Fsp3) is 0.400. The number of methoxy groups -OCH3 is 1. The van der Waals surface area contributed by atoms with Crippen molar-refractivity contribution in [1.29, 1.82) is 0 Å². The van der Waals surface area contributed by atoms with Gasteiger partial charge >= 0.3 is 0 Å². The number of hydrogen-bond donors (Lipinski definition) is 1. The monoisotopic (exact) mass is 606 g/mol. The number of ether oxygens (including phenoxy) is 1. The summed E-state index contributed by atoms with van der Waals surface area (Å²) in [6.45, 7) is 2.03. The number of sulfonamides is 1. The molecule has 6 rings (SSSR count). The Labute approximate surface area is 249 Å². The normalized spacial score (nSPS) is 17.4. The number of nitrogens with one attached hydrogen (secondary N) is 1. The molecule has 4 aromatic rings. The van der Waals surface area contributed by atoms with Crippen molar-refractivity contribution < 1.29 is 17.9 Å². The largest absolute Gasteiger partial charge is 0.481 e. The molecule has 2 fully saturated rings. The summed E-state index contributed by atoms with van der Waals surface area (Å²) >= 11 is 1.31. The number of aromatic nitrogens is 3. The molecular weight excluding hydrogens is 573 g/mol. The summed E-state index contributed by atoms with van der Waals surface area (Å²) in [6, 6.07) is 14.3. The van der Waals surface area contributed by atoms with Gasteiger partial charge in [0, 0.05) is 50.3 Å². The molecule has 1 unspecified atom stereocenters. The van der Waals surface area contributed by atoms with Crippen LogP contribution < -0.4 is 15.0 Å². The van der Waals surface area contributed by atoms with Crippen molar-refractivity contribution in [2.24, 2.45) is 5.92 Å². The van der Waals surface area contributed by atoms with Gasteiger partial charge in [0.05, 0.1) is 17.9 Å². The van der Waals surface area contributed by atoms with Crippen molar-refractivity contribution in [2.75, 3.05) is 43.5 Å². The lowest BCUT2D eigenvalue weighted by molar-refractivity contribution is -0.118. The molecule has 1 aromatic carbocycles. The lowest BCUT2D eigenvalue weighted by Gasteiger charge is -2.35. The Kier molecular flexibility index (Phi) is 8.36. The van der Waals surface area contributed by atoms with E-state index in [4.69, 9.17) is 4.74 Å². The molecule has 42 heavy (non-hydrogen) atoms. The van der Waals surface area contributed by atoms with Gasteiger partial charge in [-0.15, -0.1) is 0 Å². The Hall–Kier alpha value is -3.61. The van der Waals surface area contributed by atoms with E-state index in [-0.39, 0.29) is 10.8 Å². The summed E-state index contributed by atoms with van der Waals surface area (Å²) < 4.78 is 33.7. The molecule has 0 spiro atoms. The van der Waals surface area contributed by atoms with Crippen LogP contribution in [-0.2, 0) is 14.8 Å². The average molecular weight is 607 g/mol. The first kappa shape index (κ1) is 28.5. The number of piperazine rings is 1. The lowest BCUT2D eigenvalue weighted by atomic mass is 9.87. The van der Waals surface area contributed by atoms with E-state index in [1.54, 1.807) is 54.1 Å². The third kappa shape index (κ3) is 6.11. The van der Waals surface area contributed by atoms with Crippen LogP contribution in [0.4, 0.5) is 10.8 Å². The molecule has 1 amide bonds. The Bertz CT molecular complexity index is 1630. The summed E-state index contributed by atoms with van der Waals surface area (Å²) in [5.74, 6) is 0.398. The summed E-state index contributed by atoms with van der Waals surface area (Å²) in [4.78, 5) is 29.8. The fourth-order valence-electron chi connectivity index (χ4n) is 5.90. The Morgan fingerprint density at radius 2 is 1.71 bits per heavy atom. The molecule has 1 aliphatic carbocycles. The van der Waals surface area contributed by atoms with Gasteiger partial charge in [0.2, 0.25) is 21.8 Å². The van der Waals surface area contributed by atoms with Gasteiger partial charge in [0.1, 0.15) is 10.3 Å². The molecule has 1 saturated carbocycles. The van der Waals surface area contributed by atoms with Crippen molar-refractivity contribution in [2.45, 2.75) is 42.9 Å². The highest BCUT2D eigenvalue weighted by Gasteiger charge is 2.31. The maximum atomic E-state index is 13.7. The first-order valence-corrected chi connectivity index (χ1v) is 16.5. The van der Waals surface area contributed by atoms with Gasteiger partial charge in [0.15, 0.2) is 5.13 Å². The summed E-state index contributed by atoms with van der Waals surface area (Å²) in [6.07, 6.45) is 8.76. The van der Waals surface area contributed by atoms with Gasteiger partial charge in [-0.2, -0.15) is 4.31 Å². The number of carbonyl (C=O) groups is 1. The first-order chi connectivity index (χ1) is 20.4. The second-order valence-corrected chi connectivity index (χ2v) is 13.7. The molecule has 10 nitrogen and oxygen atoms in total. The van der Waals surface area contributed by atoms with E-state index in [1.807, 2.05) is 18.2 Å². The van der Waals surface area contributed by atoms with E-state index in [1.165, 1.54) is 24.2 Å². The highest BCUT2D eigenvalue weighted by atomic mass is 32.2. The number of rotatable bonds is 9. The third-order valence-electron chi connectivity index (χ3n) is 8.22. The highest BCUT2D eigenvalue weighted by molar-refractivity contribution is 7.89. The van der Waals surface area contributed by atoms with Crippen molar-refractivity contribution >= 4 is 48.4 Å². The minimum Gasteiger partial charge on any atom is -0.481 e. The predicted molar refractivity (Wildman–Crippen MR) is 164 cm³/mol. The van der Waals surface area contributed by atoms with E-state index in [9.17, 15) is 13.2 Å². The topological polar surface area (TPSA) is 118 Å². The number of thiazole rings is 1. The molecule has 1 saturated heterocycles. The molecule has 12 heteroatoms. The third-order valence-corrected chi connectivity index (χ3v) is 11.0. The van der Waals surface area contributed by atoms with Crippen molar-refractivity contribution in [3.05, 3.63) is 66.5 Å². The van der Waals surface area contributed by atoms with E-state index >= 15 is 0 Å². The van der Waals surface area contributed by atoms with Crippen LogP contribution in [0.2, 0.25) is 0 Å². The Morgan fingerprint density at radius 3 is 2.40 bits per heavy atom. The SMILES string of the molecule is COc1ccc2nc(NC(=O)C(CC3CCCC3)c3ccc(S(=O)(=O)N4CCN(c5ccncc5)CC4)cc3)sc2n1. The predicted octanol–water partition coefficient (Wildman–Crippen LogP) is 4.91. The summed E-state index contributed by atoms with van der Waals surface area (Å²) in [5.41, 5.74) is 2.54. The standard InChI is InChI=1S/C30H34N6O4S2/c1-40-27-11-10-26-29(33-27)41-30(32-26)34-28(37)25(20-21-4-2-3-5-21)22-6-8-24(9-7-22)42(38,39)36-18-16-35(17-19-36)23-12-14-31-15-13-23/h6-15,21,25H,2-5,16-20H2,1H3,(H,32,34,37). The lowest BCUT2D eigenvalue weighted by Crippen LogP contribution is -2.48. The Morgan fingerprint density at radius 1 is 1.00 bits per heavy atom. The van der Waals surface area contributed by atoms with Gasteiger partial charge in [-0.25, -0.2) is 18.4 Å². The van der Waals surface area contributed by atoms with Crippen molar-refractivity contribution in [3.8, 4) is 5.88 Å². The quantitative estimate of drug-likeness (QED) is 0.286. The zero-order chi connectivity index (χ0) is 29.1. The first-order valence-electron chi connectivity index (χ1n) is 14.3. The average Bonchev–Trinajstić information content (AvgIpc) is 3.69. The molecule has 0 radical (unpaired) electrons. The molecule has 3 aromatic heterocycles. The molecule has 2 aliphatic rings. The number of carbonyl (C=O) groups excluding carboxylic acids is 1. The van der Waals surface area contributed by atoms with E-state index in [0.717, 1.165) is 24.1 Å². The molecule has 1 atom stereocenters. The number of anilines is 2. The van der Waals surface area contributed by atoms with Crippen LogP contribution in [0.25, 0.3) is 10.3 Å². The van der Waals surface area contributed by atoms with Gasteiger partial charge in [0.25, 0.3) is 0 Å². The Balaban J connectivity index is 1.17. The zero-order valence-electron chi connectivity index (χ0n) is 23.5. The van der Waals surface area contributed by atoms with Crippen LogP contribution in [0.15, 0.2) is 65.8 Å². The van der Waals surface area contributed by atoms with Crippen LogP contribution in [-0.4, -0.2) is 66.9 Å². The smallest absolute Gasteiger partial charge is 0.243 e. The van der Waals surface area contributed by atoms with Crippen LogP contribution in [0.5, 0.6) is 5.88 Å². The van der Waals surface area contributed by atoms with Crippen LogP contribution >= 0.6 is 11.3 Å². The van der Waals surface area contributed by atoms with Crippen LogP contribution in [0, 0.1) is 5.92 Å². The maximum absolute atomic E-state index is 13.7. The highest BCUT2D eigenvalue weighted by Crippen LogP contribution is 2.36. The second-order valence-electron chi connectivity index (χ2n) is 10.8. The van der Waals surface area contributed by atoms with E-state index < -0.39 is 15.9 Å². The fourth-order valence-corrected chi connectivity index (χ4v) is 8.15.